The van der Waals surface area contributed by atoms with E-state index in [1.54, 1.807) is 6.07 Å². The highest BCUT2D eigenvalue weighted by atomic mass is 16.5. The highest BCUT2D eigenvalue weighted by Crippen LogP contribution is 2.33. The SMILES string of the molecule is CCC(C)N1CC(Oc2ccccc2-c2cc(Nc3cnc(C#N)cn3)no2)C1. The van der Waals surface area contributed by atoms with Crippen molar-refractivity contribution in [1.29, 1.82) is 5.26 Å². The van der Waals surface area contributed by atoms with Crippen molar-refractivity contribution in [1.82, 2.24) is 20.0 Å². The van der Waals surface area contributed by atoms with Crippen LogP contribution in [0.15, 0.2) is 47.2 Å². The Bertz CT molecular complexity index is 1000. The molecule has 3 aromatic rings. The van der Waals surface area contributed by atoms with Gasteiger partial charge < -0.3 is 14.6 Å². The van der Waals surface area contributed by atoms with Crippen LogP contribution in [0.3, 0.4) is 0 Å². The molecule has 1 unspecified atom stereocenters. The molecule has 3 heterocycles. The van der Waals surface area contributed by atoms with Gasteiger partial charge in [0.05, 0.1) is 18.0 Å². The molecule has 29 heavy (non-hydrogen) atoms. The van der Waals surface area contributed by atoms with Crippen LogP contribution in [0, 0.1) is 11.3 Å². The van der Waals surface area contributed by atoms with E-state index in [0.717, 1.165) is 30.8 Å². The van der Waals surface area contributed by atoms with Gasteiger partial charge in [0, 0.05) is 25.2 Å². The topological polar surface area (TPSA) is 100 Å². The number of anilines is 2. The van der Waals surface area contributed by atoms with Crippen molar-refractivity contribution in [3.8, 4) is 23.1 Å². The summed E-state index contributed by atoms with van der Waals surface area (Å²) in [6, 6.07) is 12.1. The van der Waals surface area contributed by atoms with Crippen LogP contribution in [0.2, 0.25) is 0 Å². The maximum Gasteiger partial charge on any atom is 0.175 e. The molecule has 0 radical (unpaired) electrons. The summed E-state index contributed by atoms with van der Waals surface area (Å²) in [4.78, 5) is 10.5. The lowest BCUT2D eigenvalue weighted by Gasteiger charge is -2.42. The fraction of sp³-hybridized carbons (Fsp3) is 0.333. The Morgan fingerprint density at radius 1 is 1.28 bits per heavy atom. The van der Waals surface area contributed by atoms with Gasteiger partial charge in [-0.05, 0) is 25.5 Å². The van der Waals surface area contributed by atoms with Gasteiger partial charge in [-0.25, -0.2) is 9.97 Å². The number of para-hydroxylation sites is 1. The number of aromatic nitrogens is 3. The molecule has 0 spiro atoms. The standard InChI is InChI=1S/C21H22N6O2/c1-3-14(2)27-12-16(13-27)28-18-7-5-4-6-17(18)19-8-20(26-29-19)25-21-11-23-15(9-22)10-24-21/h4-8,10-11,14,16H,3,12-13H2,1-2H3,(H,24,25,26). The summed E-state index contributed by atoms with van der Waals surface area (Å²) in [6.07, 6.45) is 4.19. The third-order valence-electron chi connectivity index (χ3n) is 5.07. The number of hydrogen-bond donors (Lipinski definition) is 1. The number of hydrogen-bond acceptors (Lipinski definition) is 8. The maximum absolute atomic E-state index is 8.80. The predicted octanol–water partition coefficient (Wildman–Crippen LogP) is 3.61. The summed E-state index contributed by atoms with van der Waals surface area (Å²) in [6.45, 7) is 6.31. The van der Waals surface area contributed by atoms with Crippen LogP contribution in [-0.4, -0.2) is 45.3 Å². The number of rotatable bonds is 7. The summed E-state index contributed by atoms with van der Waals surface area (Å²) >= 11 is 0. The summed E-state index contributed by atoms with van der Waals surface area (Å²) < 4.78 is 11.7. The van der Waals surface area contributed by atoms with Crippen molar-refractivity contribution in [2.24, 2.45) is 0 Å². The third-order valence-corrected chi connectivity index (χ3v) is 5.07. The lowest BCUT2D eigenvalue weighted by molar-refractivity contribution is -0.00507. The minimum Gasteiger partial charge on any atom is -0.487 e. The van der Waals surface area contributed by atoms with Crippen molar-refractivity contribution in [3.63, 3.8) is 0 Å². The first-order valence-corrected chi connectivity index (χ1v) is 9.62. The van der Waals surface area contributed by atoms with Gasteiger partial charge in [-0.2, -0.15) is 5.26 Å². The number of likely N-dealkylation sites (tertiary alicyclic amines) is 1. The smallest absolute Gasteiger partial charge is 0.175 e. The zero-order valence-electron chi connectivity index (χ0n) is 16.4. The first kappa shape index (κ1) is 18.9. The molecule has 1 saturated heterocycles. The molecular formula is C21H22N6O2. The fourth-order valence-corrected chi connectivity index (χ4v) is 3.16. The molecule has 1 fully saturated rings. The Kier molecular flexibility index (Phi) is 5.40. The molecule has 8 nitrogen and oxygen atoms in total. The summed E-state index contributed by atoms with van der Waals surface area (Å²) in [7, 11) is 0. The number of nitrogens with zero attached hydrogens (tertiary/aromatic N) is 5. The quantitative estimate of drug-likeness (QED) is 0.653. The minimum absolute atomic E-state index is 0.180. The van der Waals surface area contributed by atoms with Crippen LogP contribution in [0.25, 0.3) is 11.3 Å². The summed E-state index contributed by atoms with van der Waals surface area (Å²) in [5, 5.41) is 15.9. The molecule has 1 N–H and O–H groups in total. The number of nitrogens with one attached hydrogen (secondary N) is 1. The molecule has 0 aliphatic carbocycles. The van der Waals surface area contributed by atoms with Gasteiger partial charge >= 0.3 is 0 Å². The Balaban J connectivity index is 1.45. The molecule has 1 aliphatic rings. The van der Waals surface area contributed by atoms with Crippen molar-refractivity contribution in [2.75, 3.05) is 18.4 Å². The number of benzene rings is 1. The zero-order chi connectivity index (χ0) is 20.2. The molecule has 1 atom stereocenters. The van der Waals surface area contributed by atoms with E-state index >= 15 is 0 Å². The molecule has 8 heteroatoms. The Morgan fingerprint density at radius 3 is 2.83 bits per heavy atom. The molecular weight excluding hydrogens is 368 g/mol. The van der Waals surface area contributed by atoms with Crippen molar-refractivity contribution in [2.45, 2.75) is 32.4 Å². The van der Waals surface area contributed by atoms with Crippen molar-refractivity contribution in [3.05, 3.63) is 48.4 Å². The van der Waals surface area contributed by atoms with Gasteiger partial charge in [0.15, 0.2) is 17.3 Å². The van der Waals surface area contributed by atoms with Crippen LogP contribution in [0.4, 0.5) is 11.6 Å². The average molecular weight is 390 g/mol. The lowest BCUT2D eigenvalue weighted by Crippen LogP contribution is -2.56. The second-order valence-corrected chi connectivity index (χ2v) is 7.05. The highest BCUT2D eigenvalue weighted by Gasteiger charge is 2.31. The number of ether oxygens (including phenoxy) is 1. The highest BCUT2D eigenvalue weighted by molar-refractivity contribution is 5.68. The largest absolute Gasteiger partial charge is 0.487 e. The van der Waals surface area contributed by atoms with E-state index in [2.05, 4.69) is 39.2 Å². The molecule has 0 bridgehead atoms. The molecule has 1 aromatic carbocycles. The van der Waals surface area contributed by atoms with Gasteiger partial charge in [0.25, 0.3) is 0 Å². The van der Waals surface area contributed by atoms with E-state index in [1.165, 1.54) is 12.4 Å². The fourth-order valence-electron chi connectivity index (χ4n) is 3.16. The Hall–Kier alpha value is -3.44. The average Bonchev–Trinajstić information content (AvgIpc) is 3.19. The molecule has 0 saturated carbocycles. The Morgan fingerprint density at radius 2 is 2.10 bits per heavy atom. The molecule has 2 aromatic heterocycles. The second-order valence-electron chi connectivity index (χ2n) is 7.05. The normalized spacial score (nSPS) is 15.3. The molecule has 4 rings (SSSR count). The molecule has 148 valence electrons. The maximum atomic E-state index is 8.80. The second kappa shape index (κ2) is 8.29. The van der Waals surface area contributed by atoms with Gasteiger partial charge in [-0.1, -0.05) is 24.2 Å². The van der Waals surface area contributed by atoms with E-state index in [1.807, 2.05) is 30.3 Å². The van der Waals surface area contributed by atoms with Gasteiger partial charge in [0.1, 0.15) is 23.7 Å². The van der Waals surface area contributed by atoms with E-state index in [4.69, 9.17) is 14.5 Å². The van der Waals surface area contributed by atoms with Gasteiger partial charge in [-0.15, -0.1) is 0 Å². The predicted molar refractivity (Wildman–Crippen MR) is 108 cm³/mol. The van der Waals surface area contributed by atoms with Gasteiger partial charge in [-0.3, -0.25) is 4.90 Å². The van der Waals surface area contributed by atoms with Crippen molar-refractivity contribution >= 4 is 11.6 Å². The summed E-state index contributed by atoms with van der Waals surface area (Å²) in [5.41, 5.74) is 1.10. The van der Waals surface area contributed by atoms with Crippen LogP contribution in [0.1, 0.15) is 26.0 Å². The molecule has 1 aliphatic heterocycles. The zero-order valence-corrected chi connectivity index (χ0v) is 16.4. The van der Waals surface area contributed by atoms with E-state index in [0.29, 0.717) is 23.4 Å². The lowest BCUT2D eigenvalue weighted by atomic mass is 10.1. The van der Waals surface area contributed by atoms with E-state index < -0.39 is 0 Å². The van der Waals surface area contributed by atoms with Crippen LogP contribution in [0.5, 0.6) is 5.75 Å². The number of nitriles is 1. The summed E-state index contributed by atoms with van der Waals surface area (Å²) in [5.74, 6) is 2.36. The van der Waals surface area contributed by atoms with E-state index in [9.17, 15) is 0 Å². The van der Waals surface area contributed by atoms with Crippen molar-refractivity contribution < 1.29 is 9.26 Å². The molecule has 0 amide bonds. The monoisotopic (exact) mass is 390 g/mol. The first-order chi connectivity index (χ1) is 14.2. The van der Waals surface area contributed by atoms with Crippen LogP contribution < -0.4 is 10.1 Å². The van der Waals surface area contributed by atoms with Gasteiger partial charge in [0.2, 0.25) is 0 Å². The van der Waals surface area contributed by atoms with E-state index in [-0.39, 0.29) is 11.8 Å². The van der Waals surface area contributed by atoms with Crippen LogP contribution in [-0.2, 0) is 0 Å². The first-order valence-electron chi connectivity index (χ1n) is 9.62. The van der Waals surface area contributed by atoms with Crippen LogP contribution >= 0.6 is 0 Å². The Labute approximate surface area is 169 Å². The minimum atomic E-state index is 0.180. The third kappa shape index (κ3) is 4.20.